The average Bonchev–Trinajstić information content (AvgIpc) is 2.97. The highest BCUT2D eigenvalue weighted by atomic mass is 35.5. The van der Waals surface area contributed by atoms with Gasteiger partial charge < -0.3 is 9.73 Å². The van der Waals surface area contributed by atoms with Gasteiger partial charge in [0.15, 0.2) is 5.76 Å². The first-order valence-electron chi connectivity index (χ1n) is 6.74. The molecule has 0 saturated carbocycles. The van der Waals surface area contributed by atoms with E-state index in [2.05, 4.69) is 17.2 Å². The minimum absolute atomic E-state index is 0.223. The van der Waals surface area contributed by atoms with Crippen LogP contribution < -0.4 is 5.32 Å². The van der Waals surface area contributed by atoms with Crippen LogP contribution in [0.3, 0.4) is 0 Å². The van der Waals surface area contributed by atoms with Crippen molar-refractivity contribution in [2.24, 2.45) is 0 Å². The van der Waals surface area contributed by atoms with Crippen molar-refractivity contribution in [3.05, 3.63) is 70.9 Å². The number of para-hydroxylation sites is 1. The molecule has 0 radical (unpaired) electrons. The van der Waals surface area contributed by atoms with E-state index in [9.17, 15) is 4.79 Å². The summed E-state index contributed by atoms with van der Waals surface area (Å²) in [7, 11) is 0. The first kappa shape index (κ1) is 14.2. The quantitative estimate of drug-likeness (QED) is 0.730. The lowest BCUT2D eigenvalue weighted by atomic mass is 10.2. The van der Waals surface area contributed by atoms with E-state index in [0.29, 0.717) is 10.6 Å². The Morgan fingerprint density at radius 1 is 1.14 bits per heavy atom. The summed E-state index contributed by atoms with van der Waals surface area (Å²) in [5.41, 5.74) is 1.43. The Morgan fingerprint density at radius 2 is 1.91 bits per heavy atom. The zero-order chi connectivity index (χ0) is 15.4. The van der Waals surface area contributed by atoms with E-state index < -0.39 is 0 Å². The molecule has 0 unspecified atom stereocenters. The first-order chi connectivity index (χ1) is 10.7. The van der Waals surface area contributed by atoms with Crippen LogP contribution in [0.15, 0.2) is 59.0 Å². The highest BCUT2D eigenvalue weighted by molar-refractivity contribution is 6.31. The lowest BCUT2D eigenvalue weighted by molar-refractivity contribution is 0.0933. The van der Waals surface area contributed by atoms with Crippen LogP contribution in [-0.2, 0) is 0 Å². The Morgan fingerprint density at radius 3 is 2.73 bits per heavy atom. The SMILES string of the molecule is O=C(NCC#Cc1ccccc1Cl)c1cc2ccccc2o1. The lowest BCUT2D eigenvalue weighted by Crippen LogP contribution is -2.22. The Bertz CT molecular complexity index is 853. The second-order valence-corrected chi connectivity index (χ2v) is 5.02. The predicted molar refractivity (Wildman–Crippen MR) is 86.9 cm³/mol. The number of hydrogen-bond donors (Lipinski definition) is 1. The summed E-state index contributed by atoms with van der Waals surface area (Å²) < 4.78 is 5.48. The van der Waals surface area contributed by atoms with Crippen LogP contribution in [-0.4, -0.2) is 12.5 Å². The van der Waals surface area contributed by atoms with E-state index in [0.717, 1.165) is 10.9 Å². The van der Waals surface area contributed by atoms with Gasteiger partial charge in [-0.15, -0.1) is 0 Å². The van der Waals surface area contributed by atoms with Gasteiger partial charge in [0.2, 0.25) is 0 Å². The molecule has 3 aromatic rings. The molecule has 1 N–H and O–H groups in total. The molecule has 0 spiro atoms. The maximum atomic E-state index is 12.0. The molecule has 0 aliphatic heterocycles. The molecule has 0 bridgehead atoms. The zero-order valence-corrected chi connectivity index (χ0v) is 12.4. The van der Waals surface area contributed by atoms with E-state index in [1.54, 1.807) is 12.1 Å². The molecule has 0 aliphatic carbocycles. The van der Waals surface area contributed by atoms with E-state index in [1.165, 1.54) is 0 Å². The maximum absolute atomic E-state index is 12.0. The lowest BCUT2D eigenvalue weighted by Gasteiger charge is -1.96. The summed E-state index contributed by atoms with van der Waals surface area (Å²) in [6, 6.07) is 16.5. The Hall–Kier alpha value is -2.70. The van der Waals surface area contributed by atoms with Gasteiger partial charge in [0.1, 0.15) is 5.58 Å². The molecule has 1 heterocycles. The van der Waals surface area contributed by atoms with Crippen LogP contribution in [0, 0.1) is 11.8 Å². The summed E-state index contributed by atoms with van der Waals surface area (Å²) in [5.74, 6) is 5.78. The first-order valence-corrected chi connectivity index (χ1v) is 7.12. The third-order valence-electron chi connectivity index (χ3n) is 3.08. The van der Waals surface area contributed by atoms with Crippen LogP contribution >= 0.6 is 11.6 Å². The van der Waals surface area contributed by atoms with Gasteiger partial charge in [-0.25, -0.2) is 0 Å². The third-order valence-corrected chi connectivity index (χ3v) is 3.41. The Balaban J connectivity index is 1.65. The molecule has 3 nitrogen and oxygen atoms in total. The molecule has 1 amide bonds. The normalized spacial score (nSPS) is 10.0. The van der Waals surface area contributed by atoms with Gasteiger partial charge in [-0.3, -0.25) is 4.79 Å². The van der Waals surface area contributed by atoms with Gasteiger partial charge in [0.25, 0.3) is 5.91 Å². The molecule has 22 heavy (non-hydrogen) atoms. The van der Waals surface area contributed by atoms with Crippen molar-refractivity contribution < 1.29 is 9.21 Å². The number of halogens is 1. The van der Waals surface area contributed by atoms with E-state index in [4.69, 9.17) is 16.0 Å². The number of benzene rings is 2. The number of nitrogens with one attached hydrogen (secondary N) is 1. The van der Waals surface area contributed by atoms with Crippen molar-refractivity contribution in [1.29, 1.82) is 0 Å². The number of hydrogen-bond acceptors (Lipinski definition) is 2. The number of fused-ring (bicyclic) bond motifs is 1. The van der Waals surface area contributed by atoms with Crippen molar-refractivity contribution in [2.45, 2.75) is 0 Å². The standard InChI is InChI=1S/C18H12ClNO2/c19-15-9-3-1-6-13(15)8-5-11-20-18(21)17-12-14-7-2-4-10-16(14)22-17/h1-4,6-7,9-10,12H,11H2,(H,20,21). The van der Waals surface area contributed by atoms with Gasteiger partial charge in [-0.2, -0.15) is 0 Å². The van der Waals surface area contributed by atoms with Crippen LogP contribution in [0.4, 0.5) is 0 Å². The predicted octanol–water partition coefficient (Wildman–Crippen LogP) is 3.87. The van der Waals surface area contributed by atoms with Crippen LogP contribution in [0.5, 0.6) is 0 Å². The monoisotopic (exact) mass is 309 g/mol. The number of rotatable bonds is 2. The van der Waals surface area contributed by atoms with Gasteiger partial charge >= 0.3 is 0 Å². The summed E-state index contributed by atoms with van der Waals surface area (Å²) in [5, 5.41) is 4.19. The van der Waals surface area contributed by atoms with E-state index in [-0.39, 0.29) is 18.2 Å². The van der Waals surface area contributed by atoms with E-state index in [1.807, 2.05) is 42.5 Å². The third kappa shape index (κ3) is 3.13. The number of amides is 1. The van der Waals surface area contributed by atoms with Crippen molar-refractivity contribution in [3.8, 4) is 11.8 Å². The van der Waals surface area contributed by atoms with Gasteiger partial charge in [0, 0.05) is 10.9 Å². The Kier molecular flexibility index (Phi) is 4.13. The highest BCUT2D eigenvalue weighted by Gasteiger charge is 2.10. The maximum Gasteiger partial charge on any atom is 0.287 e. The zero-order valence-electron chi connectivity index (χ0n) is 11.6. The summed E-state index contributed by atoms with van der Waals surface area (Å²) >= 11 is 6.00. The number of carbonyl (C=O) groups excluding carboxylic acids is 1. The average molecular weight is 310 g/mol. The van der Waals surface area contributed by atoms with Crippen molar-refractivity contribution in [3.63, 3.8) is 0 Å². The molecule has 4 heteroatoms. The van der Waals surface area contributed by atoms with Crippen LogP contribution in [0.1, 0.15) is 16.1 Å². The van der Waals surface area contributed by atoms with Crippen molar-refractivity contribution >= 4 is 28.5 Å². The van der Waals surface area contributed by atoms with Crippen molar-refractivity contribution in [1.82, 2.24) is 5.32 Å². The second kappa shape index (κ2) is 6.38. The minimum atomic E-state index is -0.287. The fraction of sp³-hybridized carbons (Fsp3) is 0.0556. The molecule has 0 aliphatic rings. The molecule has 0 saturated heterocycles. The number of furan rings is 1. The van der Waals surface area contributed by atoms with Gasteiger partial charge in [-0.1, -0.05) is 53.8 Å². The topological polar surface area (TPSA) is 42.2 Å². The molecule has 1 aromatic heterocycles. The molecule has 3 rings (SSSR count). The fourth-order valence-corrected chi connectivity index (χ4v) is 2.19. The largest absolute Gasteiger partial charge is 0.451 e. The molecule has 108 valence electrons. The summed E-state index contributed by atoms with van der Waals surface area (Å²) in [4.78, 5) is 12.0. The van der Waals surface area contributed by atoms with E-state index >= 15 is 0 Å². The molecule has 2 aromatic carbocycles. The smallest absolute Gasteiger partial charge is 0.287 e. The van der Waals surface area contributed by atoms with Crippen LogP contribution in [0.25, 0.3) is 11.0 Å². The van der Waals surface area contributed by atoms with Crippen molar-refractivity contribution in [2.75, 3.05) is 6.54 Å². The van der Waals surface area contributed by atoms with Gasteiger partial charge in [0.05, 0.1) is 11.6 Å². The number of carbonyl (C=O) groups is 1. The molecule has 0 atom stereocenters. The van der Waals surface area contributed by atoms with Crippen LogP contribution in [0.2, 0.25) is 5.02 Å². The summed E-state index contributed by atoms with van der Waals surface area (Å²) in [6.07, 6.45) is 0. The molecular weight excluding hydrogens is 298 g/mol. The fourth-order valence-electron chi connectivity index (χ4n) is 2.01. The Labute approximate surface area is 132 Å². The highest BCUT2D eigenvalue weighted by Crippen LogP contribution is 2.18. The van der Waals surface area contributed by atoms with Gasteiger partial charge in [-0.05, 0) is 24.3 Å². The summed E-state index contributed by atoms with van der Waals surface area (Å²) in [6.45, 7) is 0.223. The minimum Gasteiger partial charge on any atom is -0.451 e. The molecule has 0 fully saturated rings. The second-order valence-electron chi connectivity index (χ2n) is 4.61. The molecular formula is C18H12ClNO2.